The molecule has 0 unspecified atom stereocenters. The summed E-state index contributed by atoms with van der Waals surface area (Å²) in [6.45, 7) is 36.6. The molecule has 0 aliphatic heterocycles. The number of allylic oxidation sites excluding steroid dienone is 17. The molecule has 0 atom stereocenters. The Kier molecular flexibility index (Phi) is 13.2. The molecular weight excluding hydrogens is 495 g/mol. The molecule has 0 N–H and O–H groups in total. The van der Waals surface area contributed by atoms with Gasteiger partial charge in [-0.3, -0.25) is 0 Å². The van der Waals surface area contributed by atoms with Crippen LogP contribution >= 0.6 is 0 Å². The molecule has 0 aliphatic rings. The van der Waals surface area contributed by atoms with Crippen LogP contribution in [0.5, 0.6) is 0 Å². The van der Waals surface area contributed by atoms with E-state index in [1.807, 2.05) is 0 Å². The third kappa shape index (κ3) is 12.0. The standard InChI is InChI=1S/C32H31F5O/c1-20(2)12-16-26(8)32(36,37)38-27(9)17-15-22(4)24(6)18-30(34)28(10)23(5)14-13-21(3)25(7)19-31(35)29(11)33/h12-19H,1,3-11H2,2H3/b14-13-,16-12-,17-15-,30-18+,31-19+. The zero-order chi connectivity index (χ0) is 29.8. The third-order valence-electron chi connectivity index (χ3n) is 4.52. The Bertz CT molecular complexity index is 1260. The molecule has 0 spiro atoms. The van der Waals surface area contributed by atoms with Crippen molar-refractivity contribution in [2.75, 3.05) is 0 Å². The SMILES string of the molecule is C=C(C)/C=C\C(=C)C(F)(F)OC(=C)/C=C\C(=C)C(=C)/C=C(/F)C(=C)C(=C)/C=C\C(=C)C(=C)/C=C(/F)C(=C)F. The quantitative estimate of drug-likeness (QED) is 0.110. The van der Waals surface area contributed by atoms with Crippen LogP contribution < -0.4 is 0 Å². The number of halogens is 5. The molecule has 0 aromatic rings. The molecule has 0 radical (unpaired) electrons. The van der Waals surface area contributed by atoms with Gasteiger partial charge in [-0.25, -0.2) is 13.2 Å². The second-order valence-electron chi connectivity index (χ2n) is 7.95. The normalized spacial score (nSPS) is 12.5. The lowest BCUT2D eigenvalue weighted by molar-refractivity contribution is -0.175. The molecule has 0 heterocycles. The Morgan fingerprint density at radius 2 is 1.03 bits per heavy atom. The van der Waals surface area contributed by atoms with E-state index in [2.05, 4.69) is 70.5 Å². The Labute approximate surface area is 222 Å². The third-order valence-corrected chi connectivity index (χ3v) is 4.52. The summed E-state index contributed by atoms with van der Waals surface area (Å²) in [5.74, 6) is -3.64. The molecule has 0 bridgehead atoms. The van der Waals surface area contributed by atoms with Crippen molar-refractivity contribution in [3.05, 3.63) is 182 Å². The second-order valence-corrected chi connectivity index (χ2v) is 7.95. The number of hydrogen-bond acceptors (Lipinski definition) is 1. The molecule has 1 nitrogen and oxygen atoms in total. The smallest absolute Gasteiger partial charge is 0.426 e. The molecule has 200 valence electrons. The maximum absolute atomic E-state index is 14.7. The fourth-order valence-corrected chi connectivity index (χ4v) is 2.12. The summed E-state index contributed by atoms with van der Waals surface area (Å²) in [4.78, 5) is 0. The summed E-state index contributed by atoms with van der Waals surface area (Å²) in [7, 11) is 0. The lowest BCUT2D eigenvalue weighted by Crippen LogP contribution is -2.21. The average molecular weight is 527 g/mol. The van der Waals surface area contributed by atoms with Gasteiger partial charge in [0, 0.05) is 5.57 Å². The van der Waals surface area contributed by atoms with Crippen LogP contribution in [0, 0.1) is 0 Å². The van der Waals surface area contributed by atoms with Gasteiger partial charge in [-0.1, -0.05) is 95.7 Å². The Morgan fingerprint density at radius 1 is 0.579 bits per heavy atom. The van der Waals surface area contributed by atoms with Crippen LogP contribution in [0.25, 0.3) is 0 Å². The molecule has 0 aliphatic carbocycles. The van der Waals surface area contributed by atoms with E-state index in [9.17, 15) is 22.0 Å². The van der Waals surface area contributed by atoms with Crippen molar-refractivity contribution in [1.29, 1.82) is 0 Å². The molecule has 0 amide bonds. The van der Waals surface area contributed by atoms with E-state index in [4.69, 9.17) is 0 Å². The van der Waals surface area contributed by atoms with E-state index in [0.717, 1.165) is 24.3 Å². The largest absolute Gasteiger partial charge is 0.430 e. The van der Waals surface area contributed by atoms with Crippen molar-refractivity contribution in [3.63, 3.8) is 0 Å². The van der Waals surface area contributed by atoms with Crippen molar-refractivity contribution >= 4 is 0 Å². The van der Waals surface area contributed by atoms with Gasteiger partial charge in [-0.2, -0.15) is 8.78 Å². The van der Waals surface area contributed by atoms with Crippen LogP contribution in [0.15, 0.2) is 182 Å². The van der Waals surface area contributed by atoms with Crippen molar-refractivity contribution in [2.45, 2.75) is 13.0 Å². The summed E-state index contributed by atoms with van der Waals surface area (Å²) in [5, 5.41) is 0. The van der Waals surface area contributed by atoms with Gasteiger partial charge in [0.2, 0.25) is 0 Å². The van der Waals surface area contributed by atoms with E-state index in [1.165, 1.54) is 24.3 Å². The first kappa shape index (κ1) is 33.5. The molecular formula is C32H31F5O. The second kappa shape index (κ2) is 15.0. The van der Waals surface area contributed by atoms with Crippen LogP contribution in [-0.2, 0) is 4.74 Å². The maximum atomic E-state index is 14.7. The van der Waals surface area contributed by atoms with Gasteiger partial charge in [0.05, 0.1) is 5.57 Å². The minimum Gasteiger partial charge on any atom is -0.430 e. The minimum atomic E-state index is -3.71. The summed E-state index contributed by atoms with van der Waals surface area (Å²) < 4.78 is 73.5. The molecule has 0 saturated carbocycles. The van der Waals surface area contributed by atoms with E-state index in [-0.39, 0.29) is 33.4 Å². The maximum Gasteiger partial charge on any atom is 0.426 e. The molecule has 38 heavy (non-hydrogen) atoms. The minimum absolute atomic E-state index is 0.0689. The van der Waals surface area contributed by atoms with Crippen LogP contribution in [0.2, 0.25) is 0 Å². The zero-order valence-electron chi connectivity index (χ0n) is 21.5. The predicted molar refractivity (Wildman–Crippen MR) is 150 cm³/mol. The zero-order valence-corrected chi connectivity index (χ0v) is 21.5. The lowest BCUT2D eigenvalue weighted by atomic mass is 10.0. The summed E-state index contributed by atoms with van der Waals surface area (Å²) in [6.07, 6.45) is 5.68. The van der Waals surface area contributed by atoms with E-state index < -0.39 is 34.9 Å². The highest BCUT2D eigenvalue weighted by molar-refractivity contribution is 5.54. The van der Waals surface area contributed by atoms with Crippen molar-refractivity contribution in [2.24, 2.45) is 0 Å². The fraction of sp³-hybridized carbons (Fsp3) is 0.0625. The van der Waals surface area contributed by atoms with Crippen LogP contribution in [-0.4, -0.2) is 6.11 Å². The molecule has 0 rings (SSSR count). The number of rotatable bonds is 16. The number of alkyl halides is 2. The van der Waals surface area contributed by atoms with Crippen molar-refractivity contribution in [3.8, 4) is 0 Å². The summed E-state index contributed by atoms with van der Waals surface area (Å²) in [5.41, 5.74) is 0.562. The fourth-order valence-electron chi connectivity index (χ4n) is 2.12. The van der Waals surface area contributed by atoms with Crippen molar-refractivity contribution < 1.29 is 26.7 Å². The first-order valence-corrected chi connectivity index (χ1v) is 10.8. The van der Waals surface area contributed by atoms with Gasteiger partial charge in [0.1, 0.15) is 11.6 Å². The number of ether oxygens (including phenoxy) is 1. The highest BCUT2D eigenvalue weighted by atomic mass is 19.3. The van der Waals surface area contributed by atoms with Gasteiger partial charge < -0.3 is 4.74 Å². The van der Waals surface area contributed by atoms with Crippen molar-refractivity contribution in [1.82, 2.24) is 0 Å². The topological polar surface area (TPSA) is 9.23 Å². The van der Waals surface area contributed by atoms with E-state index in [0.29, 0.717) is 5.57 Å². The Morgan fingerprint density at radius 3 is 1.50 bits per heavy atom. The van der Waals surface area contributed by atoms with Gasteiger partial charge in [-0.15, -0.1) is 0 Å². The lowest BCUT2D eigenvalue weighted by Gasteiger charge is -2.18. The summed E-state index contributed by atoms with van der Waals surface area (Å²) in [6, 6.07) is 0. The van der Waals surface area contributed by atoms with Gasteiger partial charge in [0.25, 0.3) is 0 Å². The van der Waals surface area contributed by atoms with Crippen LogP contribution in [0.4, 0.5) is 22.0 Å². The molecule has 6 heteroatoms. The Balaban J connectivity index is 5.22. The molecule has 0 saturated heterocycles. The molecule has 0 aromatic carbocycles. The predicted octanol–water partition coefficient (Wildman–Crippen LogP) is 10.4. The van der Waals surface area contributed by atoms with Crippen LogP contribution in [0.1, 0.15) is 6.92 Å². The van der Waals surface area contributed by atoms with Gasteiger partial charge in [0.15, 0.2) is 11.7 Å². The molecule has 0 aromatic heterocycles. The van der Waals surface area contributed by atoms with Gasteiger partial charge >= 0.3 is 6.11 Å². The average Bonchev–Trinajstić information content (AvgIpc) is 2.82. The van der Waals surface area contributed by atoms with E-state index >= 15 is 0 Å². The Hall–Kier alpha value is -4.45. The highest BCUT2D eigenvalue weighted by Crippen LogP contribution is 2.29. The van der Waals surface area contributed by atoms with E-state index in [1.54, 1.807) is 6.92 Å². The summed E-state index contributed by atoms with van der Waals surface area (Å²) >= 11 is 0. The molecule has 0 fully saturated rings. The first-order chi connectivity index (χ1) is 17.4. The monoisotopic (exact) mass is 526 g/mol. The highest BCUT2D eigenvalue weighted by Gasteiger charge is 2.34. The van der Waals surface area contributed by atoms with Crippen LogP contribution in [0.3, 0.4) is 0 Å². The first-order valence-electron chi connectivity index (χ1n) is 10.8. The number of hydrogen-bond donors (Lipinski definition) is 0. The van der Waals surface area contributed by atoms with Gasteiger partial charge in [-0.05, 0) is 59.1 Å².